The van der Waals surface area contributed by atoms with E-state index in [1.165, 1.54) is 11.8 Å². The molecule has 0 aromatic rings. The molecule has 0 heterocycles. The number of amides is 1. The Morgan fingerprint density at radius 3 is 2.42 bits per heavy atom. The van der Waals surface area contributed by atoms with Crippen LogP contribution in [0.4, 0.5) is 0 Å². The SMILES string of the molecule is CNC(=O)C(CC(C)(C)O)SC. The lowest BCUT2D eigenvalue weighted by molar-refractivity contribution is -0.121. The average molecular weight is 191 g/mol. The van der Waals surface area contributed by atoms with E-state index < -0.39 is 5.60 Å². The molecule has 2 N–H and O–H groups in total. The molecule has 0 aromatic carbocycles. The van der Waals surface area contributed by atoms with E-state index in [2.05, 4.69) is 5.32 Å². The molecule has 3 nitrogen and oxygen atoms in total. The fourth-order valence-electron chi connectivity index (χ4n) is 0.898. The van der Waals surface area contributed by atoms with Gasteiger partial charge in [-0.1, -0.05) is 0 Å². The first-order valence-electron chi connectivity index (χ1n) is 3.87. The Bertz CT molecular complexity index is 154. The predicted molar refractivity (Wildman–Crippen MR) is 52.3 cm³/mol. The Balaban J connectivity index is 4.09. The Morgan fingerprint density at radius 1 is 1.67 bits per heavy atom. The van der Waals surface area contributed by atoms with Crippen molar-refractivity contribution in [3.8, 4) is 0 Å². The summed E-state index contributed by atoms with van der Waals surface area (Å²) in [6.45, 7) is 3.42. The second kappa shape index (κ2) is 4.72. The van der Waals surface area contributed by atoms with Crippen LogP contribution in [-0.4, -0.2) is 35.2 Å². The Hall–Kier alpha value is -0.220. The number of aliphatic hydroxyl groups is 1. The van der Waals surface area contributed by atoms with Crippen LogP contribution in [0, 0.1) is 0 Å². The van der Waals surface area contributed by atoms with Crippen LogP contribution in [0.25, 0.3) is 0 Å². The van der Waals surface area contributed by atoms with E-state index in [4.69, 9.17) is 0 Å². The largest absolute Gasteiger partial charge is 0.390 e. The Labute approximate surface area is 77.9 Å². The van der Waals surface area contributed by atoms with E-state index in [-0.39, 0.29) is 11.2 Å². The monoisotopic (exact) mass is 191 g/mol. The van der Waals surface area contributed by atoms with Gasteiger partial charge < -0.3 is 10.4 Å². The van der Waals surface area contributed by atoms with Gasteiger partial charge in [-0.3, -0.25) is 4.79 Å². The molecule has 0 radical (unpaired) electrons. The summed E-state index contributed by atoms with van der Waals surface area (Å²) in [5.41, 5.74) is -0.778. The fraction of sp³-hybridized carbons (Fsp3) is 0.875. The molecule has 0 aliphatic rings. The summed E-state index contributed by atoms with van der Waals surface area (Å²) >= 11 is 1.46. The highest BCUT2D eigenvalue weighted by molar-refractivity contribution is 7.99. The number of hydrogen-bond donors (Lipinski definition) is 2. The van der Waals surface area contributed by atoms with Crippen molar-refractivity contribution >= 4 is 17.7 Å². The van der Waals surface area contributed by atoms with Gasteiger partial charge in [0.15, 0.2) is 0 Å². The van der Waals surface area contributed by atoms with Gasteiger partial charge in [-0.15, -0.1) is 0 Å². The van der Waals surface area contributed by atoms with Gasteiger partial charge in [0.1, 0.15) is 0 Å². The molecule has 1 atom stereocenters. The van der Waals surface area contributed by atoms with Crippen LogP contribution in [-0.2, 0) is 4.79 Å². The van der Waals surface area contributed by atoms with E-state index in [0.717, 1.165) is 0 Å². The number of hydrogen-bond acceptors (Lipinski definition) is 3. The van der Waals surface area contributed by atoms with Crippen molar-refractivity contribution in [2.75, 3.05) is 13.3 Å². The van der Waals surface area contributed by atoms with Gasteiger partial charge in [0.2, 0.25) is 5.91 Å². The first-order chi connectivity index (χ1) is 5.40. The molecule has 0 saturated heterocycles. The number of carbonyl (C=O) groups excluding carboxylic acids is 1. The minimum absolute atomic E-state index is 0.0235. The molecule has 1 unspecified atom stereocenters. The third kappa shape index (κ3) is 4.62. The van der Waals surface area contributed by atoms with E-state index in [0.29, 0.717) is 6.42 Å². The normalized spacial score (nSPS) is 14.1. The zero-order valence-electron chi connectivity index (χ0n) is 8.05. The lowest BCUT2D eigenvalue weighted by atomic mass is 10.0. The highest BCUT2D eigenvalue weighted by Crippen LogP contribution is 2.19. The van der Waals surface area contributed by atoms with Crippen LogP contribution in [0.15, 0.2) is 0 Å². The van der Waals surface area contributed by atoms with Crippen molar-refractivity contribution in [2.24, 2.45) is 0 Å². The predicted octanol–water partition coefficient (Wildman–Crippen LogP) is 0.625. The third-order valence-electron chi connectivity index (χ3n) is 1.51. The molecule has 4 heteroatoms. The lowest BCUT2D eigenvalue weighted by Crippen LogP contribution is -2.35. The lowest BCUT2D eigenvalue weighted by Gasteiger charge is -2.22. The zero-order chi connectivity index (χ0) is 9.78. The summed E-state index contributed by atoms with van der Waals surface area (Å²) in [5, 5.41) is 11.9. The van der Waals surface area contributed by atoms with Gasteiger partial charge in [-0.05, 0) is 26.5 Å². The molecule has 72 valence electrons. The standard InChI is InChI=1S/C8H17NO2S/c1-8(2,11)5-6(12-4)7(10)9-3/h6,11H,5H2,1-4H3,(H,9,10). The molecule has 1 amide bonds. The number of nitrogens with one attached hydrogen (secondary N) is 1. The van der Waals surface area contributed by atoms with Crippen LogP contribution >= 0.6 is 11.8 Å². The van der Waals surface area contributed by atoms with Crippen molar-refractivity contribution in [3.05, 3.63) is 0 Å². The van der Waals surface area contributed by atoms with Crippen LogP contribution in [0.2, 0.25) is 0 Å². The molecule has 0 aromatic heterocycles. The van der Waals surface area contributed by atoms with Crippen molar-refractivity contribution in [3.63, 3.8) is 0 Å². The van der Waals surface area contributed by atoms with Crippen molar-refractivity contribution < 1.29 is 9.90 Å². The van der Waals surface area contributed by atoms with Crippen molar-refractivity contribution in [1.29, 1.82) is 0 Å². The molecule has 0 fully saturated rings. The van der Waals surface area contributed by atoms with Gasteiger partial charge in [0.05, 0.1) is 10.9 Å². The maximum Gasteiger partial charge on any atom is 0.232 e. The number of carbonyl (C=O) groups is 1. The summed E-state index contributed by atoms with van der Waals surface area (Å²) < 4.78 is 0. The average Bonchev–Trinajstić information content (AvgIpc) is 1.97. The Morgan fingerprint density at radius 2 is 2.17 bits per heavy atom. The van der Waals surface area contributed by atoms with Gasteiger partial charge in [0, 0.05) is 7.05 Å². The van der Waals surface area contributed by atoms with Crippen LogP contribution in [0.3, 0.4) is 0 Å². The smallest absolute Gasteiger partial charge is 0.232 e. The van der Waals surface area contributed by atoms with Crippen LogP contribution in [0.5, 0.6) is 0 Å². The first kappa shape index (κ1) is 11.8. The molecule has 0 rings (SSSR count). The second-order valence-corrected chi connectivity index (χ2v) is 4.40. The van der Waals surface area contributed by atoms with Gasteiger partial charge in [-0.2, -0.15) is 11.8 Å². The molecule has 12 heavy (non-hydrogen) atoms. The highest BCUT2D eigenvalue weighted by Gasteiger charge is 2.24. The number of rotatable bonds is 4. The van der Waals surface area contributed by atoms with E-state index >= 15 is 0 Å². The molecular formula is C8H17NO2S. The van der Waals surface area contributed by atoms with Crippen molar-refractivity contribution in [2.45, 2.75) is 31.1 Å². The van der Waals surface area contributed by atoms with Gasteiger partial charge in [0.25, 0.3) is 0 Å². The Kier molecular flexibility index (Phi) is 4.63. The molecular weight excluding hydrogens is 174 g/mol. The zero-order valence-corrected chi connectivity index (χ0v) is 8.86. The maximum absolute atomic E-state index is 11.2. The molecule has 0 aliphatic carbocycles. The van der Waals surface area contributed by atoms with Gasteiger partial charge >= 0.3 is 0 Å². The summed E-state index contributed by atoms with van der Waals surface area (Å²) in [6.07, 6.45) is 2.35. The minimum atomic E-state index is -0.778. The van der Waals surface area contributed by atoms with Crippen LogP contribution < -0.4 is 5.32 Å². The fourth-order valence-corrected chi connectivity index (χ4v) is 1.80. The van der Waals surface area contributed by atoms with Crippen LogP contribution in [0.1, 0.15) is 20.3 Å². The maximum atomic E-state index is 11.2. The van der Waals surface area contributed by atoms with Crippen molar-refractivity contribution in [1.82, 2.24) is 5.32 Å². The van der Waals surface area contributed by atoms with E-state index in [9.17, 15) is 9.90 Å². The summed E-state index contributed by atoms with van der Waals surface area (Å²) in [7, 11) is 1.61. The van der Waals surface area contributed by atoms with E-state index in [1.54, 1.807) is 20.9 Å². The summed E-state index contributed by atoms with van der Waals surface area (Å²) in [5.74, 6) is -0.0235. The summed E-state index contributed by atoms with van der Waals surface area (Å²) in [6, 6.07) is 0. The quantitative estimate of drug-likeness (QED) is 0.685. The molecule has 0 bridgehead atoms. The molecule has 0 spiro atoms. The highest BCUT2D eigenvalue weighted by atomic mass is 32.2. The molecule has 0 aliphatic heterocycles. The summed E-state index contributed by atoms with van der Waals surface area (Å²) in [4.78, 5) is 11.2. The number of thioether (sulfide) groups is 1. The van der Waals surface area contributed by atoms with Gasteiger partial charge in [-0.25, -0.2) is 0 Å². The molecule has 0 saturated carbocycles. The second-order valence-electron chi connectivity index (χ2n) is 3.36. The van der Waals surface area contributed by atoms with E-state index in [1.807, 2.05) is 6.26 Å². The first-order valence-corrected chi connectivity index (χ1v) is 5.16. The minimum Gasteiger partial charge on any atom is -0.390 e. The topological polar surface area (TPSA) is 49.3 Å². The third-order valence-corrected chi connectivity index (χ3v) is 2.46.